The molecule has 2 saturated carbocycles. The number of anilines is 1. The van der Waals surface area contributed by atoms with Gasteiger partial charge >= 0.3 is 0 Å². The van der Waals surface area contributed by atoms with E-state index in [2.05, 4.69) is 28.6 Å². The van der Waals surface area contributed by atoms with Crippen molar-refractivity contribution < 1.29 is 9.90 Å². The molecule has 2 aromatic heterocycles. The number of aliphatic hydroxyl groups excluding tert-OH is 1. The third-order valence-corrected chi connectivity index (χ3v) is 7.00. The van der Waals surface area contributed by atoms with Crippen LogP contribution in [0.1, 0.15) is 54.1 Å². The number of hydrogen-bond acceptors (Lipinski definition) is 7. The van der Waals surface area contributed by atoms with Gasteiger partial charge < -0.3 is 14.9 Å². The minimum absolute atomic E-state index is 0.0198. The summed E-state index contributed by atoms with van der Waals surface area (Å²) in [5, 5.41) is 29.1. The summed E-state index contributed by atoms with van der Waals surface area (Å²) < 4.78 is 0. The van der Waals surface area contributed by atoms with Crippen LogP contribution in [0.5, 0.6) is 0 Å². The Hall–Kier alpha value is -3.75. The zero-order valence-corrected chi connectivity index (χ0v) is 18.9. The molecule has 1 unspecified atom stereocenters. The van der Waals surface area contributed by atoms with Crippen molar-refractivity contribution in [3.63, 3.8) is 0 Å². The molecule has 0 aromatic carbocycles. The first-order valence-electron chi connectivity index (χ1n) is 11.7. The molecule has 172 valence electrons. The highest BCUT2D eigenvalue weighted by molar-refractivity contribution is 5.79. The van der Waals surface area contributed by atoms with Crippen LogP contribution < -0.4 is 4.90 Å². The molecule has 8 heteroatoms. The van der Waals surface area contributed by atoms with Crippen molar-refractivity contribution in [2.75, 3.05) is 31.1 Å². The van der Waals surface area contributed by atoms with Crippen molar-refractivity contribution in [3.8, 4) is 23.3 Å². The number of carbonyl (C=O) groups excluding carboxylic acids is 1. The lowest BCUT2D eigenvalue weighted by atomic mass is 9.95. The Morgan fingerprint density at radius 3 is 2.53 bits per heavy atom. The van der Waals surface area contributed by atoms with Gasteiger partial charge in [0.05, 0.1) is 28.6 Å². The van der Waals surface area contributed by atoms with E-state index in [1.54, 1.807) is 17.2 Å². The molecule has 34 heavy (non-hydrogen) atoms. The smallest absolute Gasteiger partial charge is 0.248 e. The van der Waals surface area contributed by atoms with E-state index in [-0.39, 0.29) is 11.9 Å². The Morgan fingerprint density at radius 1 is 1.15 bits per heavy atom. The summed E-state index contributed by atoms with van der Waals surface area (Å²) in [5.74, 6) is 1.13. The maximum absolute atomic E-state index is 12.3. The number of rotatable bonds is 6. The summed E-state index contributed by atoms with van der Waals surface area (Å²) in [6, 6.07) is 8.24. The van der Waals surface area contributed by atoms with Gasteiger partial charge in [-0.2, -0.15) is 10.5 Å². The average molecular weight is 455 g/mol. The number of nitriles is 2. The molecule has 2 aliphatic carbocycles. The summed E-state index contributed by atoms with van der Waals surface area (Å²) in [6.07, 6.45) is 7.37. The number of aromatic nitrogens is 2. The molecule has 1 N–H and O–H groups in total. The number of carbonyl (C=O) groups is 1. The molecule has 0 bridgehead atoms. The van der Waals surface area contributed by atoms with Crippen molar-refractivity contribution in [1.82, 2.24) is 14.9 Å². The van der Waals surface area contributed by atoms with Gasteiger partial charge in [-0.25, -0.2) is 4.98 Å². The minimum atomic E-state index is -0.481. The Labute approximate surface area is 198 Å². The quantitative estimate of drug-likeness (QED) is 0.713. The minimum Gasteiger partial charge on any atom is -0.387 e. The fraction of sp³-hybridized carbons (Fsp3) is 0.423. The molecule has 3 fully saturated rings. The highest BCUT2D eigenvalue weighted by atomic mass is 16.3. The van der Waals surface area contributed by atoms with Crippen LogP contribution in [0.2, 0.25) is 0 Å². The van der Waals surface area contributed by atoms with Crippen molar-refractivity contribution in [2.24, 2.45) is 5.92 Å². The Bertz CT molecular complexity index is 1240. The lowest BCUT2D eigenvalue weighted by molar-refractivity contribution is -0.137. The topological polar surface area (TPSA) is 117 Å². The van der Waals surface area contributed by atoms with Crippen molar-refractivity contribution in [3.05, 3.63) is 47.4 Å². The van der Waals surface area contributed by atoms with Gasteiger partial charge in [-0.3, -0.25) is 9.78 Å². The van der Waals surface area contributed by atoms with Crippen molar-refractivity contribution in [2.45, 2.75) is 37.6 Å². The lowest BCUT2D eigenvalue weighted by Gasteiger charge is -2.42. The van der Waals surface area contributed by atoms with Gasteiger partial charge in [0.15, 0.2) is 0 Å². The van der Waals surface area contributed by atoms with Crippen LogP contribution in [0, 0.1) is 28.6 Å². The molecule has 5 rings (SSSR count). The van der Waals surface area contributed by atoms with E-state index in [4.69, 9.17) is 4.98 Å². The van der Waals surface area contributed by atoms with Gasteiger partial charge in [0.1, 0.15) is 24.6 Å². The predicted octanol–water partition coefficient (Wildman–Crippen LogP) is 2.83. The Morgan fingerprint density at radius 2 is 1.91 bits per heavy atom. The van der Waals surface area contributed by atoms with E-state index in [0.717, 1.165) is 42.5 Å². The number of hydrogen-bond donors (Lipinski definition) is 1. The molecular formula is C26H26N6O2. The normalized spacial score (nSPS) is 19.9. The molecule has 1 amide bonds. The van der Waals surface area contributed by atoms with E-state index in [1.807, 2.05) is 12.1 Å². The average Bonchev–Trinajstić information content (AvgIpc) is 3.79. The molecule has 0 radical (unpaired) electrons. The zero-order chi connectivity index (χ0) is 23.8. The van der Waals surface area contributed by atoms with Crippen molar-refractivity contribution in [1.29, 1.82) is 10.5 Å². The third-order valence-electron chi connectivity index (χ3n) is 7.00. The summed E-state index contributed by atoms with van der Waals surface area (Å²) >= 11 is 0. The molecule has 8 nitrogen and oxygen atoms in total. The van der Waals surface area contributed by atoms with Gasteiger partial charge in [-0.1, -0.05) is 6.58 Å². The highest BCUT2D eigenvalue weighted by Crippen LogP contribution is 2.46. The molecule has 2 aromatic rings. The fourth-order valence-corrected chi connectivity index (χ4v) is 4.91. The summed E-state index contributed by atoms with van der Waals surface area (Å²) in [7, 11) is 0. The first-order chi connectivity index (χ1) is 16.6. The number of amides is 1. The van der Waals surface area contributed by atoms with Crippen molar-refractivity contribution >= 4 is 17.8 Å². The predicted molar refractivity (Wildman–Crippen MR) is 126 cm³/mol. The SMILES string of the molecule is C=Cc1cc(-c2cc(C#N)c(N3CCN(C(=O)CO)C(C4CC4)C3)nc2C2CC2)c(C#N)cn1. The standard InChI is InChI=1S/C26H26N6O2/c1-2-20-10-21(19(12-28)13-29-20)22-9-18(11-27)26(30-25(22)17-5-6-17)31-7-8-32(24(34)15-33)23(14-31)16-3-4-16/h2,9-10,13,16-17,23,33H,1,3-8,14-15H2. The second-order valence-electron chi connectivity index (χ2n) is 9.25. The second kappa shape index (κ2) is 8.89. The highest BCUT2D eigenvalue weighted by Gasteiger charge is 2.41. The van der Waals surface area contributed by atoms with E-state index >= 15 is 0 Å². The first-order valence-corrected chi connectivity index (χ1v) is 11.7. The molecule has 1 atom stereocenters. The molecule has 1 aliphatic heterocycles. The van der Waals surface area contributed by atoms with Gasteiger partial charge in [0, 0.05) is 42.9 Å². The van der Waals surface area contributed by atoms with Crippen LogP contribution in [0.15, 0.2) is 24.9 Å². The van der Waals surface area contributed by atoms with Crippen LogP contribution in [-0.4, -0.2) is 58.2 Å². The Kier molecular flexibility index (Phi) is 5.77. The first kappa shape index (κ1) is 22.1. The fourth-order valence-electron chi connectivity index (χ4n) is 4.91. The van der Waals surface area contributed by atoms with Crippen LogP contribution in [0.4, 0.5) is 5.82 Å². The maximum atomic E-state index is 12.3. The number of aliphatic hydroxyl groups is 1. The summed E-state index contributed by atoms with van der Waals surface area (Å²) in [5.41, 5.74) is 3.99. The molecule has 0 spiro atoms. The lowest BCUT2D eigenvalue weighted by Crippen LogP contribution is -2.57. The monoisotopic (exact) mass is 454 g/mol. The number of pyridine rings is 2. The molecular weight excluding hydrogens is 428 g/mol. The summed E-state index contributed by atoms with van der Waals surface area (Å²) in [4.78, 5) is 25.5. The largest absolute Gasteiger partial charge is 0.387 e. The number of nitrogens with zero attached hydrogens (tertiary/aromatic N) is 6. The van der Waals surface area contributed by atoms with Crippen LogP contribution in [-0.2, 0) is 4.79 Å². The van der Waals surface area contributed by atoms with E-state index in [0.29, 0.717) is 54.1 Å². The van der Waals surface area contributed by atoms with Gasteiger partial charge in [0.2, 0.25) is 5.91 Å². The maximum Gasteiger partial charge on any atom is 0.248 e. The van der Waals surface area contributed by atoms with E-state index in [1.165, 1.54) is 0 Å². The number of piperazine rings is 1. The zero-order valence-electron chi connectivity index (χ0n) is 18.9. The Balaban J connectivity index is 1.57. The van der Waals surface area contributed by atoms with E-state index in [9.17, 15) is 20.4 Å². The third kappa shape index (κ3) is 4.02. The van der Waals surface area contributed by atoms with Gasteiger partial charge in [-0.15, -0.1) is 0 Å². The second-order valence-corrected chi connectivity index (χ2v) is 9.25. The van der Waals surface area contributed by atoms with E-state index < -0.39 is 6.61 Å². The molecule has 3 heterocycles. The molecule has 1 saturated heterocycles. The van der Waals surface area contributed by atoms with Crippen LogP contribution in [0.3, 0.4) is 0 Å². The summed E-state index contributed by atoms with van der Waals surface area (Å²) in [6.45, 7) is 4.96. The molecule has 3 aliphatic rings. The van der Waals surface area contributed by atoms with Gasteiger partial charge in [0.25, 0.3) is 0 Å². The van der Waals surface area contributed by atoms with Crippen LogP contribution >= 0.6 is 0 Å². The van der Waals surface area contributed by atoms with Crippen LogP contribution in [0.25, 0.3) is 17.2 Å². The van der Waals surface area contributed by atoms with Gasteiger partial charge in [-0.05, 0) is 49.8 Å².